The molecule has 3 aliphatic heterocycles. The summed E-state index contributed by atoms with van der Waals surface area (Å²) in [4.78, 5) is 13.9. The van der Waals surface area contributed by atoms with Crippen LogP contribution in [0, 0.1) is 0 Å². The summed E-state index contributed by atoms with van der Waals surface area (Å²) in [6, 6.07) is 22.8. The van der Waals surface area contributed by atoms with E-state index in [4.69, 9.17) is 5.73 Å². The SMILES string of the molecule is CNN(C=C(N)CCc1ccccc1)c1ccc2n1[B]N1C(=C2c2ccc(NC(C)=O)cc2)C=CC1=[N+]1CCCC1. The summed E-state index contributed by atoms with van der Waals surface area (Å²) in [7, 11) is 4.09. The van der Waals surface area contributed by atoms with Crippen molar-refractivity contribution < 1.29 is 9.37 Å². The molecule has 9 heteroatoms. The number of amidine groups is 1. The van der Waals surface area contributed by atoms with Crippen molar-refractivity contribution in [1.29, 1.82) is 0 Å². The number of nitrogens with two attached hydrogens (primary N) is 1. The highest BCUT2D eigenvalue weighted by Gasteiger charge is 2.41. The number of hydrazine groups is 1. The summed E-state index contributed by atoms with van der Waals surface area (Å²) in [6.45, 7) is 3.65. The van der Waals surface area contributed by atoms with E-state index in [2.05, 4.69) is 92.8 Å². The Morgan fingerprint density at radius 2 is 1.80 bits per heavy atom. The van der Waals surface area contributed by atoms with E-state index >= 15 is 0 Å². The lowest BCUT2D eigenvalue weighted by atomic mass is 9.91. The molecule has 1 amide bonds. The molecule has 4 heterocycles. The molecule has 4 N–H and O–H groups in total. The van der Waals surface area contributed by atoms with Gasteiger partial charge in [-0.1, -0.05) is 42.5 Å². The number of aromatic nitrogens is 1. The van der Waals surface area contributed by atoms with Crippen LogP contribution in [0.3, 0.4) is 0 Å². The molecule has 1 fully saturated rings. The van der Waals surface area contributed by atoms with Gasteiger partial charge in [-0.25, -0.2) is 5.43 Å². The van der Waals surface area contributed by atoms with Crippen LogP contribution in [0.2, 0.25) is 0 Å². The molecule has 2 aromatic carbocycles. The van der Waals surface area contributed by atoms with Crippen LogP contribution in [0.5, 0.6) is 0 Å². The van der Waals surface area contributed by atoms with Crippen LogP contribution in [0.4, 0.5) is 11.5 Å². The zero-order valence-electron chi connectivity index (χ0n) is 23.7. The Labute approximate surface area is 242 Å². The van der Waals surface area contributed by atoms with E-state index in [1.165, 1.54) is 31.2 Å². The number of rotatable bonds is 8. The molecule has 0 aliphatic carbocycles. The Kier molecular flexibility index (Phi) is 7.52. The van der Waals surface area contributed by atoms with Gasteiger partial charge in [-0.15, -0.1) is 0 Å². The van der Waals surface area contributed by atoms with Gasteiger partial charge in [0.15, 0.2) is 0 Å². The van der Waals surface area contributed by atoms with Gasteiger partial charge in [-0.3, -0.25) is 19.2 Å². The molecule has 0 unspecified atom stereocenters. The van der Waals surface area contributed by atoms with Gasteiger partial charge in [-0.2, -0.15) is 0 Å². The number of carbonyl (C=O) groups is 1. The molecule has 3 aliphatic rings. The molecule has 8 nitrogen and oxygen atoms in total. The number of hydrogen-bond acceptors (Lipinski definition) is 4. The van der Waals surface area contributed by atoms with Crippen molar-refractivity contribution in [3.8, 4) is 0 Å². The molecule has 0 atom stereocenters. The number of aryl methyl sites for hydroxylation is 1. The van der Waals surface area contributed by atoms with E-state index in [1.54, 1.807) is 0 Å². The summed E-state index contributed by atoms with van der Waals surface area (Å²) in [6.07, 6.45) is 10.5. The standard InChI is InChI=1S/C32H35BN7O/c1-23(41)36-27-14-11-25(12-15-27)32-28-16-18-30(37-20-6-7-21-37)39(28)33-40-29(32)17-19-31(40)38(35-2)22-26(34)13-10-24-8-4-3-5-9-24/h3-5,8-9,11-12,14-19,22,35H,6-7,10,13,20-21,34H2,1-2H3/p+1. The Balaban J connectivity index is 1.37. The first-order chi connectivity index (χ1) is 20.0. The van der Waals surface area contributed by atoms with E-state index in [9.17, 15) is 4.79 Å². The van der Waals surface area contributed by atoms with E-state index in [1.807, 2.05) is 36.5 Å². The Bertz CT molecular complexity index is 1560. The van der Waals surface area contributed by atoms with Crippen LogP contribution in [0.25, 0.3) is 5.57 Å². The molecule has 1 radical (unpaired) electrons. The summed E-state index contributed by atoms with van der Waals surface area (Å²) >= 11 is 0. The van der Waals surface area contributed by atoms with Gasteiger partial charge < -0.3 is 15.5 Å². The van der Waals surface area contributed by atoms with Crippen molar-refractivity contribution in [1.82, 2.24) is 14.7 Å². The van der Waals surface area contributed by atoms with Gasteiger partial charge >= 0.3 is 7.55 Å². The Morgan fingerprint density at radius 1 is 1.05 bits per heavy atom. The fourth-order valence-electron chi connectivity index (χ4n) is 5.80. The topological polar surface area (TPSA) is 81.6 Å². The maximum atomic E-state index is 11.6. The first kappa shape index (κ1) is 26.7. The van der Waals surface area contributed by atoms with Crippen LogP contribution in [0.1, 0.15) is 43.0 Å². The smallest absolute Gasteiger partial charge is 0.401 e. The van der Waals surface area contributed by atoms with Gasteiger partial charge in [0.25, 0.3) is 5.84 Å². The Morgan fingerprint density at radius 3 is 2.51 bits per heavy atom. The number of amides is 1. The molecule has 1 saturated heterocycles. The quantitative estimate of drug-likeness (QED) is 0.226. The first-order valence-corrected chi connectivity index (χ1v) is 14.3. The highest BCUT2D eigenvalue weighted by atomic mass is 16.1. The number of hydrogen-bond donors (Lipinski definition) is 3. The normalized spacial score (nSPS) is 16.1. The number of nitrogens with zero attached hydrogens (tertiary/aromatic N) is 4. The highest BCUT2D eigenvalue weighted by molar-refractivity contribution is 6.41. The summed E-state index contributed by atoms with van der Waals surface area (Å²) in [5.74, 6) is 2.08. The molecule has 0 saturated carbocycles. The third-order valence-corrected chi connectivity index (χ3v) is 7.79. The van der Waals surface area contributed by atoms with Gasteiger partial charge in [0.1, 0.15) is 11.5 Å². The van der Waals surface area contributed by atoms with Crippen molar-refractivity contribution in [3.05, 3.63) is 113 Å². The third kappa shape index (κ3) is 5.45. The molecule has 3 aromatic rings. The van der Waals surface area contributed by atoms with Gasteiger partial charge in [0.2, 0.25) is 5.91 Å². The minimum absolute atomic E-state index is 0.0800. The maximum Gasteiger partial charge on any atom is 0.553 e. The number of nitrogens with one attached hydrogen (secondary N) is 2. The van der Waals surface area contributed by atoms with Crippen LogP contribution in [-0.2, 0) is 11.2 Å². The number of fused-ring (bicyclic) bond motifs is 2. The molecule has 0 bridgehead atoms. The lowest BCUT2D eigenvalue weighted by molar-refractivity contribution is -0.508. The third-order valence-electron chi connectivity index (χ3n) is 7.79. The summed E-state index contributed by atoms with van der Waals surface area (Å²) in [5.41, 5.74) is 17.1. The van der Waals surface area contributed by atoms with Crippen LogP contribution >= 0.6 is 0 Å². The monoisotopic (exact) mass is 545 g/mol. The minimum atomic E-state index is -0.0800. The molecular formula is C32H36BN7O+. The maximum absolute atomic E-state index is 11.6. The average molecular weight is 546 g/mol. The van der Waals surface area contributed by atoms with Crippen molar-refractivity contribution in [3.63, 3.8) is 0 Å². The van der Waals surface area contributed by atoms with E-state index in [0.29, 0.717) is 0 Å². The second-order valence-electron chi connectivity index (χ2n) is 10.6. The fourth-order valence-corrected chi connectivity index (χ4v) is 5.80. The summed E-state index contributed by atoms with van der Waals surface area (Å²) < 4.78 is 4.68. The number of anilines is 2. The Hall–Kier alpha value is -4.50. The molecular weight excluding hydrogens is 509 g/mol. The zero-order chi connectivity index (χ0) is 28.3. The van der Waals surface area contributed by atoms with Crippen LogP contribution < -0.4 is 21.5 Å². The highest BCUT2D eigenvalue weighted by Crippen LogP contribution is 2.38. The lowest BCUT2D eigenvalue weighted by Crippen LogP contribution is -2.43. The van der Waals surface area contributed by atoms with Gasteiger partial charge in [0, 0.05) is 48.9 Å². The number of carbonyl (C=O) groups excluding carboxylic acids is 1. The predicted molar refractivity (Wildman–Crippen MR) is 166 cm³/mol. The van der Waals surface area contributed by atoms with E-state index < -0.39 is 0 Å². The largest absolute Gasteiger partial charge is 0.553 e. The van der Waals surface area contributed by atoms with Crippen molar-refractivity contribution >= 4 is 36.4 Å². The van der Waals surface area contributed by atoms with E-state index in [0.717, 1.165) is 65.7 Å². The minimum Gasteiger partial charge on any atom is -0.401 e. The molecule has 6 rings (SSSR count). The van der Waals surface area contributed by atoms with Crippen molar-refractivity contribution in [2.75, 3.05) is 30.5 Å². The van der Waals surface area contributed by atoms with Gasteiger partial charge in [-0.05, 0) is 67.2 Å². The number of allylic oxidation sites excluding steroid dienone is 2. The average Bonchev–Trinajstić information content (AvgIpc) is 3.75. The zero-order valence-corrected chi connectivity index (χ0v) is 23.7. The second-order valence-corrected chi connectivity index (χ2v) is 10.6. The van der Waals surface area contributed by atoms with E-state index in [-0.39, 0.29) is 5.91 Å². The first-order valence-electron chi connectivity index (χ1n) is 14.3. The molecule has 0 spiro atoms. The van der Waals surface area contributed by atoms with Crippen molar-refractivity contribution in [2.45, 2.75) is 32.6 Å². The van der Waals surface area contributed by atoms with Gasteiger partial charge in [0.05, 0.1) is 13.1 Å². The number of benzene rings is 2. The molecule has 41 heavy (non-hydrogen) atoms. The second kappa shape index (κ2) is 11.5. The lowest BCUT2D eigenvalue weighted by Gasteiger charge is -2.29. The fraction of sp³-hybridized carbons (Fsp3) is 0.250. The van der Waals surface area contributed by atoms with Crippen LogP contribution in [-0.4, -0.2) is 53.3 Å². The predicted octanol–water partition coefficient (Wildman–Crippen LogP) is 4.05. The summed E-state index contributed by atoms with van der Waals surface area (Å²) in [5, 5.41) is 4.86. The van der Waals surface area contributed by atoms with Crippen LogP contribution in [0.15, 0.2) is 96.5 Å². The van der Waals surface area contributed by atoms with Crippen molar-refractivity contribution in [2.24, 2.45) is 5.73 Å². The molecule has 207 valence electrons. The molecule has 1 aromatic heterocycles.